The van der Waals surface area contributed by atoms with Crippen LogP contribution < -0.4 is 5.73 Å². The van der Waals surface area contributed by atoms with E-state index in [-0.39, 0.29) is 12.2 Å². The molecular formula is C18H18Cl2N4O2. The van der Waals surface area contributed by atoms with E-state index in [0.29, 0.717) is 41.1 Å². The van der Waals surface area contributed by atoms with Gasteiger partial charge in [-0.25, -0.2) is 0 Å². The van der Waals surface area contributed by atoms with Gasteiger partial charge in [-0.1, -0.05) is 29.3 Å². The second-order valence-electron chi connectivity index (χ2n) is 5.84. The molecule has 0 saturated heterocycles. The maximum atomic E-state index is 12.1. The number of halogens is 2. The van der Waals surface area contributed by atoms with E-state index in [4.69, 9.17) is 33.7 Å². The van der Waals surface area contributed by atoms with Gasteiger partial charge in [-0.3, -0.25) is 9.20 Å². The zero-order chi connectivity index (χ0) is 18.7. The molecule has 0 bridgehead atoms. The number of ketones is 1. The van der Waals surface area contributed by atoms with E-state index in [1.54, 1.807) is 23.6 Å². The third-order valence-corrected chi connectivity index (χ3v) is 4.63. The highest BCUT2D eigenvalue weighted by molar-refractivity contribution is 6.36. The number of fused-ring (bicyclic) bond motifs is 1. The van der Waals surface area contributed by atoms with Gasteiger partial charge in [0.25, 0.3) is 0 Å². The van der Waals surface area contributed by atoms with Gasteiger partial charge in [0.1, 0.15) is 11.6 Å². The van der Waals surface area contributed by atoms with Crippen LogP contribution in [0.3, 0.4) is 0 Å². The Morgan fingerprint density at radius 1 is 1.23 bits per heavy atom. The predicted molar refractivity (Wildman–Crippen MR) is 102 cm³/mol. The van der Waals surface area contributed by atoms with E-state index in [2.05, 4.69) is 10.2 Å². The number of hydrogen-bond acceptors (Lipinski definition) is 5. The number of ether oxygens (including phenoxy) is 1. The summed E-state index contributed by atoms with van der Waals surface area (Å²) in [5.74, 6) is 0.603. The van der Waals surface area contributed by atoms with Crippen LogP contribution in [-0.4, -0.2) is 34.1 Å². The van der Waals surface area contributed by atoms with Crippen molar-refractivity contribution in [2.24, 2.45) is 5.73 Å². The lowest BCUT2D eigenvalue weighted by atomic mass is 10.0. The Kier molecular flexibility index (Phi) is 5.88. The average molecular weight is 393 g/mol. The molecule has 0 amide bonds. The first-order chi connectivity index (χ1) is 12.5. The first kappa shape index (κ1) is 18.8. The molecule has 2 heterocycles. The Bertz CT molecular complexity index is 956. The standard InChI is InChI=1S/C18H18Cl2N4O2/c1-26-5-4-13(25)8-18-23-22-17-6-11(9-21)15(10-24(17)18)14-3-2-12(19)7-16(14)20/h2-3,6-7,10H,4-5,8-9,21H2,1H3. The summed E-state index contributed by atoms with van der Waals surface area (Å²) in [6.07, 6.45) is 2.38. The number of hydrogen-bond donors (Lipinski definition) is 1. The summed E-state index contributed by atoms with van der Waals surface area (Å²) in [5, 5.41) is 9.38. The van der Waals surface area contributed by atoms with Gasteiger partial charge in [0.2, 0.25) is 0 Å². The second kappa shape index (κ2) is 8.14. The molecule has 136 valence electrons. The molecule has 0 spiro atoms. The molecule has 2 N–H and O–H groups in total. The van der Waals surface area contributed by atoms with Crippen molar-refractivity contribution in [1.29, 1.82) is 0 Å². The third kappa shape index (κ3) is 3.88. The van der Waals surface area contributed by atoms with Crippen LogP contribution in [0.5, 0.6) is 0 Å². The Balaban J connectivity index is 2.05. The Hall–Kier alpha value is -1.99. The number of carbonyl (C=O) groups is 1. The first-order valence-corrected chi connectivity index (χ1v) is 8.81. The summed E-state index contributed by atoms with van der Waals surface area (Å²) in [4.78, 5) is 12.1. The molecule has 0 saturated carbocycles. The summed E-state index contributed by atoms with van der Waals surface area (Å²) in [5.41, 5.74) is 9.08. The maximum Gasteiger partial charge on any atom is 0.161 e. The zero-order valence-electron chi connectivity index (χ0n) is 14.2. The SMILES string of the molecule is COCCC(=O)Cc1nnc2cc(CN)c(-c3ccc(Cl)cc3Cl)cn12. The minimum Gasteiger partial charge on any atom is -0.384 e. The molecule has 0 radical (unpaired) electrons. The molecule has 1 aromatic carbocycles. The van der Waals surface area contributed by atoms with E-state index < -0.39 is 0 Å². The van der Waals surface area contributed by atoms with Crippen molar-refractivity contribution in [3.05, 3.63) is 51.9 Å². The van der Waals surface area contributed by atoms with Gasteiger partial charge in [0.05, 0.1) is 13.0 Å². The number of rotatable bonds is 7. The summed E-state index contributed by atoms with van der Waals surface area (Å²) in [6, 6.07) is 7.16. The molecule has 0 aliphatic carbocycles. The summed E-state index contributed by atoms with van der Waals surface area (Å²) >= 11 is 12.4. The smallest absolute Gasteiger partial charge is 0.161 e. The molecule has 26 heavy (non-hydrogen) atoms. The lowest BCUT2D eigenvalue weighted by Crippen LogP contribution is -2.09. The molecule has 8 heteroatoms. The van der Waals surface area contributed by atoms with Crippen LogP contribution in [0.1, 0.15) is 17.8 Å². The van der Waals surface area contributed by atoms with E-state index >= 15 is 0 Å². The van der Waals surface area contributed by atoms with E-state index in [0.717, 1.165) is 16.7 Å². The topological polar surface area (TPSA) is 82.5 Å². The van der Waals surface area contributed by atoms with Crippen molar-refractivity contribution in [1.82, 2.24) is 14.6 Å². The summed E-state index contributed by atoms with van der Waals surface area (Å²) < 4.78 is 6.74. The van der Waals surface area contributed by atoms with Gasteiger partial charge in [0, 0.05) is 47.4 Å². The Morgan fingerprint density at radius 3 is 2.73 bits per heavy atom. The third-order valence-electron chi connectivity index (χ3n) is 4.08. The van der Waals surface area contributed by atoms with Crippen LogP contribution in [0.4, 0.5) is 0 Å². The number of methoxy groups -OCH3 is 1. The van der Waals surface area contributed by atoms with Crippen LogP contribution >= 0.6 is 23.2 Å². The zero-order valence-corrected chi connectivity index (χ0v) is 15.7. The largest absolute Gasteiger partial charge is 0.384 e. The Labute approximate surface area is 160 Å². The van der Waals surface area contributed by atoms with Gasteiger partial charge >= 0.3 is 0 Å². The highest BCUT2D eigenvalue weighted by Gasteiger charge is 2.15. The fraction of sp³-hybridized carbons (Fsp3) is 0.278. The van der Waals surface area contributed by atoms with Crippen molar-refractivity contribution < 1.29 is 9.53 Å². The molecule has 6 nitrogen and oxygen atoms in total. The number of aromatic nitrogens is 3. The number of nitrogens with two attached hydrogens (primary N) is 1. The monoisotopic (exact) mass is 392 g/mol. The molecule has 0 fully saturated rings. The van der Waals surface area contributed by atoms with Crippen molar-refractivity contribution in [3.63, 3.8) is 0 Å². The van der Waals surface area contributed by atoms with Crippen LogP contribution in [0.25, 0.3) is 16.8 Å². The number of pyridine rings is 1. The Morgan fingerprint density at radius 2 is 2.04 bits per heavy atom. The number of benzene rings is 1. The lowest BCUT2D eigenvalue weighted by molar-refractivity contribution is -0.119. The molecule has 0 unspecified atom stereocenters. The van der Waals surface area contributed by atoms with Gasteiger partial charge in [-0.05, 0) is 23.8 Å². The van der Waals surface area contributed by atoms with Gasteiger partial charge in [-0.2, -0.15) is 0 Å². The van der Waals surface area contributed by atoms with E-state index in [9.17, 15) is 4.79 Å². The van der Waals surface area contributed by atoms with Crippen molar-refractivity contribution in [2.45, 2.75) is 19.4 Å². The predicted octanol–water partition coefficient (Wildman–Crippen LogP) is 3.31. The molecule has 0 aliphatic rings. The van der Waals surface area contributed by atoms with Crippen LogP contribution in [0.15, 0.2) is 30.5 Å². The van der Waals surface area contributed by atoms with Gasteiger partial charge in [0.15, 0.2) is 5.65 Å². The molecule has 2 aromatic heterocycles. The highest BCUT2D eigenvalue weighted by Crippen LogP contribution is 2.33. The average Bonchev–Trinajstić information content (AvgIpc) is 3.00. The van der Waals surface area contributed by atoms with Crippen molar-refractivity contribution in [3.8, 4) is 11.1 Å². The fourth-order valence-corrected chi connectivity index (χ4v) is 3.25. The molecule has 0 atom stereocenters. The van der Waals surface area contributed by atoms with E-state index in [1.807, 2.05) is 18.3 Å². The molecule has 0 aliphatic heterocycles. The fourth-order valence-electron chi connectivity index (χ4n) is 2.74. The quantitative estimate of drug-likeness (QED) is 0.666. The summed E-state index contributed by atoms with van der Waals surface area (Å²) in [7, 11) is 1.57. The number of carbonyl (C=O) groups excluding carboxylic acids is 1. The normalized spacial score (nSPS) is 11.2. The first-order valence-electron chi connectivity index (χ1n) is 8.06. The molecule has 3 rings (SSSR count). The summed E-state index contributed by atoms with van der Waals surface area (Å²) in [6.45, 7) is 0.707. The minimum absolute atomic E-state index is 0.0372. The van der Waals surface area contributed by atoms with Gasteiger partial charge in [-0.15, -0.1) is 10.2 Å². The van der Waals surface area contributed by atoms with Crippen LogP contribution in [0, 0.1) is 0 Å². The van der Waals surface area contributed by atoms with E-state index in [1.165, 1.54) is 0 Å². The van der Waals surface area contributed by atoms with Crippen molar-refractivity contribution >= 4 is 34.6 Å². The molecular weight excluding hydrogens is 375 g/mol. The number of nitrogens with zero attached hydrogens (tertiary/aromatic N) is 3. The van der Waals surface area contributed by atoms with Gasteiger partial charge < -0.3 is 10.5 Å². The second-order valence-corrected chi connectivity index (χ2v) is 6.69. The highest BCUT2D eigenvalue weighted by atomic mass is 35.5. The number of Topliss-reactive ketones (excluding diaryl/α,β-unsaturated/α-hetero) is 1. The van der Waals surface area contributed by atoms with Crippen LogP contribution in [0.2, 0.25) is 10.0 Å². The minimum atomic E-state index is 0.0372. The van der Waals surface area contributed by atoms with Crippen molar-refractivity contribution in [2.75, 3.05) is 13.7 Å². The van der Waals surface area contributed by atoms with Crippen LogP contribution in [-0.2, 0) is 22.5 Å². The molecule has 3 aromatic rings. The maximum absolute atomic E-state index is 12.1. The lowest BCUT2D eigenvalue weighted by Gasteiger charge is -2.12.